The van der Waals surface area contributed by atoms with Crippen LogP contribution in [0.1, 0.15) is 16.2 Å². The highest BCUT2D eigenvalue weighted by Crippen LogP contribution is 2.21. The molecule has 9 nitrogen and oxygen atoms in total. The van der Waals surface area contributed by atoms with Gasteiger partial charge >= 0.3 is 0 Å². The molecule has 3 N–H and O–H groups in total. The molecule has 168 valence electrons. The van der Waals surface area contributed by atoms with Gasteiger partial charge in [0.25, 0.3) is 15.9 Å². The molecule has 0 unspecified atom stereocenters. The number of anilines is 2. The number of hydrogen-bond acceptors (Lipinski definition) is 6. The summed E-state index contributed by atoms with van der Waals surface area (Å²) in [5.74, 6) is 1.55. The van der Waals surface area contributed by atoms with Crippen LogP contribution in [0, 0.1) is 6.92 Å². The summed E-state index contributed by atoms with van der Waals surface area (Å²) in [4.78, 5) is 16.9. The first-order valence-electron chi connectivity index (χ1n) is 9.92. The summed E-state index contributed by atoms with van der Waals surface area (Å²) < 4.78 is 32.8. The van der Waals surface area contributed by atoms with Crippen molar-refractivity contribution in [1.29, 1.82) is 0 Å². The summed E-state index contributed by atoms with van der Waals surface area (Å²) in [6, 6.07) is 19.3. The van der Waals surface area contributed by atoms with Crippen LogP contribution < -0.4 is 14.8 Å². The Hall–Kier alpha value is -4.18. The number of ether oxygens (including phenoxy) is 1. The number of sulfonamides is 1. The minimum Gasteiger partial charge on any atom is -0.497 e. The van der Waals surface area contributed by atoms with Crippen LogP contribution in [0.5, 0.6) is 5.75 Å². The first-order valence-corrected chi connectivity index (χ1v) is 11.4. The molecule has 1 amide bonds. The van der Waals surface area contributed by atoms with E-state index in [1.165, 1.54) is 31.4 Å². The Balaban J connectivity index is 1.42. The number of rotatable bonds is 7. The number of amides is 1. The van der Waals surface area contributed by atoms with Gasteiger partial charge in [0.15, 0.2) is 5.82 Å². The second-order valence-corrected chi connectivity index (χ2v) is 8.82. The average molecular weight is 464 g/mol. The number of benzene rings is 3. The van der Waals surface area contributed by atoms with Crippen LogP contribution in [-0.4, -0.2) is 36.6 Å². The molecule has 0 radical (unpaired) electrons. The van der Waals surface area contributed by atoms with Crippen LogP contribution in [-0.2, 0) is 10.0 Å². The highest BCUT2D eigenvalue weighted by Gasteiger charge is 2.16. The maximum atomic E-state index is 12.6. The molecule has 10 heteroatoms. The third kappa shape index (κ3) is 5.18. The monoisotopic (exact) mass is 463 g/mol. The zero-order valence-electron chi connectivity index (χ0n) is 17.9. The second kappa shape index (κ2) is 9.13. The van der Waals surface area contributed by atoms with Crippen molar-refractivity contribution in [2.75, 3.05) is 17.1 Å². The van der Waals surface area contributed by atoms with Gasteiger partial charge < -0.3 is 10.1 Å². The molecule has 0 saturated heterocycles. The van der Waals surface area contributed by atoms with Gasteiger partial charge in [-0.25, -0.2) is 13.4 Å². The lowest BCUT2D eigenvalue weighted by atomic mass is 10.1. The molecule has 0 fully saturated rings. The van der Waals surface area contributed by atoms with Crippen molar-refractivity contribution >= 4 is 27.3 Å². The fraction of sp³-hybridized carbons (Fsp3) is 0.0870. The van der Waals surface area contributed by atoms with Crippen LogP contribution in [0.25, 0.3) is 11.4 Å². The number of aryl methyl sites for hydroxylation is 1. The minimum atomic E-state index is -3.80. The van der Waals surface area contributed by atoms with Gasteiger partial charge in [-0.2, -0.15) is 5.10 Å². The number of nitrogens with one attached hydrogen (secondary N) is 3. The van der Waals surface area contributed by atoms with E-state index in [4.69, 9.17) is 4.74 Å². The summed E-state index contributed by atoms with van der Waals surface area (Å²) in [6.07, 6.45) is 0. The predicted octanol–water partition coefficient (Wildman–Crippen LogP) is 3.84. The molecule has 0 aliphatic rings. The Morgan fingerprint density at radius 1 is 0.909 bits per heavy atom. The van der Waals surface area contributed by atoms with E-state index in [0.29, 0.717) is 34.3 Å². The Labute approximate surface area is 190 Å². The lowest BCUT2D eigenvalue weighted by Gasteiger charge is -2.10. The molecule has 0 atom stereocenters. The molecule has 0 aliphatic carbocycles. The van der Waals surface area contributed by atoms with Crippen molar-refractivity contribution in [1.82, 2.24) is 15.2 Å². The fourth-order valence-corrected chi connectivity index (χ4v) is 4.09. The van der Waals surface area contributed by atoms with Crippen molar-refractivity contribution < 1.29 is 17.9 Å². The van der Waals surface area contributed by atoms with Gasteiger partial charge in [0, 0.05) is 22.5 Å². The molecule has 1 aromatic heterocycles. The Morgan fingerprint density at radius 3 is 2.12 bits per heavy atom. The fourth-order valence-electron chi connectivity index (χ4n) is 3.04. The van der Waals surface area contributed by atoms with E-state index < -0.39 is 10.0 Å². The number of H-pyrrole nitrogens is 1. The zero-order valence-corrected chi connectivity index (χ0v) is 18.7. The molecular weight excluding hydrogens is 442 g/mol. The molecule has 4 aromatic rings. The largest absolute Gasteiger partial charge is 0.497 e. The number of carbonyl (C=O) groups excluding carboxylic acids is 1. The van der Waals surface area contributed by atoms with Gasteiger partial charge in [-0.15, -0.1) is 0 Å². The first-order chi connectivity index (χ1) is 15.8. The third-order valence-corrected chi connectivity index (χ3v) is 6.16. The number of carbonyl (C=O) groups is 1. The van der Waals surface area contributed by atoms with E-state index in [2.05, 4.69) is 25.2 Å². The maximum Gasteiger partial charge on any atom is 0.261 e. The summed E-state index contributed by atoms with van der Waals surface area (Å²) in [5.41, 5.74) is 2.14. The molecule has 4 rings (SSSR count). The lowest BCUT2D eigenvalue weighted by Crippen LogP contribution is -2.14. The van der Waals surface area contributed by atoms with Crippen LogP contribution in [0.15, 0.2) is 77.7 Å². The molecular formula is C23H21N5O4S. The Kier molecular flexibility index (Phi) is 6.09. The summed E-state index contributed by atoms with van der Waals surface area (Å²) in [5, 5.41) is 9.67. The predicted molar refractivity (Wildman–Crippen MR) is 125 cm³/mol. The van der Waals surface area contributed by atoms with E-state index in [1.807, 2.05) is 6.92 Å². The Bertz CT molecular complexity index is 1360. The standard InChI is InChI=1S/C23H21N5O4S/c1-15-24-22(27-26-15)16-3-7-18(8-4-16)25-23(29)17-5-13-21(14-6-17)33(30,31)28-19-9-11-20(32-2)12-10-19/h3-14,28H,1-2H3,(H,25,29)(H,24,26,27). The third-order valence-electron chi connectivity index (χ3n) is 4.77. The van der Waals surface area contributed by atoms with Gasteiger partial charge in [0.05, 0.1) is 12.0 Å². The van der Waals surface area contributed by atoms with Crippen molar-refractivity contribution in [3.05, 3.63) is 84.2 Å². The normalized spacial score (nSPS) is 11.1. The number of hydrogen-bond donors (Lipinski definition) is 3. The molecule has 0 aliphatic heterocycles. The van der Waals surface area contributed by atoms with Crippen LogP contribution >= 0.6 is 0 Å². The first kappa shape index (κ1) is 22.0. The van der Waals surface area contributed by atoms with Gasteiger partial charge in [-0.05, 0) is 79.7 Å². The molecule has 1 heterocycles. The van der Waals surface area contributed by atoms with Gasteiger partial charge in [0.2, 0.25) is 0 Å². The zero-order chi connectivity index (χ0) is 23.4. The maximum absolute atomic E-state index is 12.6. The van der Waals surface area contributed by atoms with Crippen LogP contribution in [0.2, 0.25) is 0 Å². The summed E-state index contributed by atoms with van der Waals surface area (Å²) in [7, 11) is -2.27. The number of aromatic amines is 1. The van der Waals surface area contributed by atoms with Crippen LogP contribution in [0.4, 0.5) is 11.4 Å². The molecule has 3 aromatic carbocycles. The summed E-state index contributed by atoms with van der Waals surface area (Å²) in [6.45, 7) is 1.82. The minimum absolute atomic E-state index is 0.0426. The smallest absolute Gasteiger partial charge is 0.261 e. The highest BCUT2D eigenvalue weighted by molar-refractivity contribution is 7.92. The lowest BCUT2D eigenvalue weighted by molar-refractivity contribution is 0.102. The van der Waals surface area contributed by atoms with E-state index in [-0.39, 0.29) is 10.8 Å². The van der Waals surface area contributed by atoms with E-state index >= 15 is 0 Å². The molecule has 33 heavy (non-hydrogen) atoms. The number of nitrogens with zero attached hydrogens (tertiary/aromatic N) is 2. The SMILES string of the molecule is COc1ccc(NS(=O)(=O)c2ccc(C(=O)Nc3ccc(-c4n[nH]c(C)n4)cc3)cc2)cc1. The van der Waals surface area contributed by atoms with Crippen LogP contribution in [0.3, 0.4) is 0 Å². The Morgan fingerprint density at radius 2 is 1.55 bits per heavy atom. The summed E-state index contributed by atoms with van der Waals surface area (Å²) >= 11 is 0. The van der Waals surface area contributed by atoms with E-state index in [9.17, 15) is 13.2 Å². The number of methoxy groups -OCH3 is 1. The molecule has 0 bridgehead atoms. The average Bonchev–Trinajstić information content (AvgIpc) is 3.26. The van der Waals surface area contributed by atoms with Crippen molar-refractivity contribution in [3.63, 3.8) is 0 Å². The second-order valence-electron chi connectivity index (χ2n) is 7.13. The van der Waals surface area contributed by atoms with E-state index in [1.54, 1.807) is 48.5 Å². The topological polar surface area (TPSA) is 126 Å². The van der Waals surface area contributed by atoms with E-state index in [0.717, 1.165) is 5.56 Å². The van der Waals surface area contributed by atoms with Gasteiger partial charge in [-0.1, -0.05) is 0 Å². The highest BCUT2D eigenvalue weighted by atomic mass is 32.2. The van der Waals surface area contributed by atoms with Gasteiger partial charge in [0.1, 0.15) is 11.6 Å². The van der Waals surface area contributed by atoms with Gasteiger partial charge in [-0.3, -0.25) is 14.6 Å². The van der Waals surface area contributed by atoms with Crippen molar-refractivity contribution in [3.8, 4) is 17.1 Å². The van der Waals surface area contributed by atoms with Crippen molar-refractivity contribution in [2.24, 2.45) is 0 Å². The number of aromatic nitrogens is 3. The molecule has 0 spiro atoms. The quantitative estimate of drug-likeness (QED) is 0.382. The van der Waals surface area contributed by atoms with Crippen molar-refractivity contribution in [2.45, 2.75) is 11.8 Å². The molecule has 0 saturated carbocycles.